The number of unbranched alkanes of at least 4 members (excludes halogenated alkanes) is 1. The van der Waals surface area contributed by atoms with Gasteiger partial charge in [0.25, 0.3) is 0 Å². The first kappa shape index (κ1) is 10.7. The van der Waals surface area contributed by atoms with Crippen molar-refractivity contribution in [2.75, 3.05) is 19.5 Å². The second-order valence-corrected chi connectivity index (χ2v) is 3.07. The van der Waals surface area contributed by atoms with Gasteiger partial charge in [0.2, 0.25) is 0 Å². The molecule has 2 N–H and O–H groups in total. The van der Waals surface area contributed by atoms with Crippen LogP contribution in [0.25, 0.3) is 0 Å². The molecule has 0 unspecified atom stereocenters. The summed E-state index contributed by atoms with van der Waals surface area (Å²) in [6, 6.07) is 5.55. The molecule has 0 heterocycles. The first-order valence-electron chi connectivity index (χ1n) is 4.84. The summed E-state index contributed by atoms with van der Waals surface area (Å²) in [5.74, 6) is 1.37. The SMILES string of the molecule is CCCCOc1cccc(OC)c1N. The molecule has 0 saturated heterocycles. The van der Waals surface area contributed by atoms with Gasteiger partial charge < -0.3 is 15.2 Å². The van der Waals surface area contributed by atoms with Gasteiger partial charge in [-0.1, -0.05) is 19.4 Å². The monoisotopic (exact) mass is 195 g/mol. The van der Waals surface area contributed by atoms with Crippen LogP contribution in [-0.4, -0.2) is 13.7 Å². The Morgan fingerprint density at radius 3 is 2.64 bits per heavy atom. The highest BCUT2D eigenvalue weighted by atomic mass is 16.5. The summed E-state index contributed by atoms with van der Waals surface area (Å²) in [7, 11) is 1.60. The highest BCUT2D eigenvalue weighted by molar-refractivity contribution is 5.62. The highest BCUT2D eigenvalue weighted by Crippen LogP contribution is 2.30. The fourth-order valence-electron chi connectivity index (χ4n) is 1.15. The van der Waals surface area contributed by atoms with Gasteiger partial charge in [0.05, 0.1) is 13.7 Å². The number of anilines is 1. The second kappa shape index (κ2) is 5.37. The van der Waals surface area contributed by atoms with Crippen molar-refractivity contribution in [2.24, 2.45) is 0 Å². The van der Waals surface area contributed by atoms with Crippen LogP contribution in [0.1, 0.15) is 19.8 Å². The minimum atomic E-state index is 0.575. The first-order valence-corrected chi connectivity index (χ1v) is 4.84. The van der Waals surface area contributed by atoms with Gasteiger partial charge in [-0.15, -0.1) is 0 Å². The normalized spacial score (nSPS) is 9.86. The van der Waals surface area contributed by atoms with Crippen LogP contribution < -0.4 is 15.2 Å². The van der Waals surface area contributed by atoms with Gasteiger partial charge in [0.15, 0.2) is 0 Å². The predicted octanol–water partition coefficient (Wildman–Crippen LogP) is 2.46. The van der Waals surface area contributed by atoms with E-state index in [2.05, 4.69) is 6.92 Å². The van der Waals surface area contributed by atoms with E-state index in [4.69, 9.17) is 15.2 Å². The number of methoxy groups -OCH3 is 1. The molecule has 0 aromatic heterocycles. The van der Waals surface area contributed by atoms with Crippen molar-refractivity contribution in [3.05, 3.63) is 18.2 Å². The minimum absolute atomic E-state index is 0.575. The largest absolute Gasteiger partial charge is 0.494 e. The van der Waals surface area contributed by atoms with E-state index in [1.54, 1.807) is 7.11 Å². The minimum Gasteiger partial charge on any atom is -0.494 e. The van der Waals surface area contributed by atoms with E-state index in [9.17, 15) is 0 Å². The number of nitrogens with two attached hydrogens (primary N) is 1. The van der Waals surface area contributed by atoms with Crippen molar-refractivity contribution in [1.29, 1.82) is 0 Å². The zero-order chi connectivity index (χ0) is 10.4. The Kier molecular flexibility index (Phi) is 4.11. The van der Waals surface area contributed by atoms with Gasteiger partial charge >= 0.3 is 0 Å². The third kappa shape index (κ3) is 2.55. The summed E-state index contributed by atoms with van der Waals surface area (Å²) in [5, 5.41) is 0. The van der Waals surface area contributed by atoms with Gasteiger partial charge in [0.1, 0.15) is 17.2 Å². The van der Waals surface area contributed by atoms with Crippen LogP contribution in [0, 0.1) is 0 Å². The van der Waals surface area contributed by atoms with E-state index in [1.807, 2.05) is 18.2 Å². The van der Waals surface area contributed by atoms with Crippen LogP contribution in [0.5, 0.6) is 11.5 Å². The van der Waals surface area contributed by atoms with Gasteiger partial charge in [0, 0.05) is 0 Å². The molecule has 0 bridgehead atoms. The Balaban J connectivity index is 2.66. The molecular formula is C11H17NO2. The molecule has 0 saturated carbocycles. The third-order valence-electron chi connectivity index (χ3n) is 2.00. The van der Waals surface area contributed by atoms with E-state index in [0.717, 1.165) is 12.8 Å². The summed E-state index contributed by atoms with van der Waals surface area (Å²) in [6.45, 7) is 2.83. The number of ether oxygens (including phenoxy) is 2. The molecule has 0 aliphatic carbocycles. The first-order chi connectivity index (χ1) is 6.79. The molecule has 0 amide bonds. The molecule has 1 aromatic rings. The number of hydrogen-bond donors (Lipinski definition) is 1. The van der Waals surface area contributed by atoms with Gasteiger partial charge in [-0.05, 0) is 18.6 Å². The van der Waals surface area contributed by atoms with Gasteiger partial charge in [-0.25, -0.2) is 0 Å². The fourth-order valence-corrected chi connectivity index (χ4v) is 1.15. The number of rotatable bonds is 5. The Bertz CT molecular complexity index is 287. The Labute approximate surface area is 84.8 Å². The number of hydrogen-bond acceptors (Lipinski definition) is 3. The lowest BCUT2D eigenvalue weighted by Crippen LogP contribution is -2.01. The maximum absolute atomic E-state index is 5.83. The molecule has 3 nitrogen and oxygen atoms in total. The lowest BCUT2D eigenvalue weighted by Gasteiger charge is -2.10. The standard InChI is InChI=1S/C11H17NO2/c1-3-4-8-14-10-7-5-6-9(13-2)11(10)12/h5-7H,3-4,8,12H2,1-2H3. The van der Waals surface area contributed by atoms with Crippen LogP contribution in [0.2, 0.25) is 0 Å². The zero-order valence-electron chi connectivity index (χ0n) is 8.75. The lowest BCUT2D eigenvalue weighted by molar-refractivity contribution is 0.309. The Morgan fingerprint density at radius 2 is 2.00 bits per heavy atom. The van der Waals surface area contributed by atoms with E-state index in [0.29, 0.717) is 23.8 Å². The molecule has 0 spiro atoms. The smallest absolute Gasteiger partial charge is 0.146 e. The van der Waals surface area contributed by atoms with Crippen LogP contribution >= 0.6 is 0 Å². The van der Waals surface area contributed by atoms with Crippen molar-refractivity contribution >= 4 is 5.69 Å². The summed E-state index contributed by atoms with van der Waals surface area (Å²) in [6.07, 6.45) is 2.15. The van der Waals surface area contributed by atoms with Gasteiger partial charge in [-0.2, -0.15) is 0 Å². The number of para-hydroxylation sites is 1. The zero-order valence-corrected chi connectivity index (χ0v) is 8.75. The van der Waals surface area contributed by atoms with Crippen molar-refractivity contribution < 1.29 is 9.47 Å². The average molecular weight is 195 g/mol. The van der Waals surface area contributed by atoms with Crippen LogP contribution in [-0.2, 0) is 0 Å². The average Bonchev–Trinajstić information content (AvgIpc) is 2.21. The van der Waals surface area contributed by atoms with Crippen LogP contribution in [0.4, 0.5) is 5.69 Å². The second-order valence-electron chi connectivity index (χ2n) is 3.07. The van der Waals surface area contributed by atoms with Crippen molar-refractivity contribution in [3.63, 3.8) is 0 Å². The van der Waals surface area contributed by atoms with E-state index < -0.39 is 0 Å². The van der Waals surface area contributed by atoms with E-state index in [-0.39, 0.29) is 0 Å². The molecule has 0 aliphatic heterocycles. The quantitative estimate of drug-likeness (QED) is 0.579. The molecule has 3 heteroatoms. The molecule has 0 fully saturated rings. The topological polar surface area (TPSA) is 44.5 Å². The maximum atomic E-state index is 5.83. The molecule has 0 radical (unpaired) electrons. The van der Waals surface area contributed by atoms with Crippen molar-refractivity contribution in [1.82, 2.24) is 0 Å². The maximum Gasteiger partial charge on any atom is 0.146 e. The predicted molar refractivity (Wildman–Crippen MR) is 57.8 cm³/mol. The number of benzene rings is 1. The van der Waals surface area contributed by atoms with Gasteiger partial charge in [-0.3, -0.25) is 0 Å². The highest BCUT2D eigenvalue weighted by Gasteiger charge is 2.04. The Morgan fingerprint density at radius 1 is 1.29 bits per heavy atom. The molecule has 78 valence electrons. The lowest BCUT2D eigenvalue weighted by atomic mass is 10.2. The van der Waals surface area contributed by atoms with Crippen molar-refractivity contribution in [2.45, 2.75) is 19.8 Å². The Hall–Kier alpha value is -1.38. The molecule has 0 aliphatic rings. The molecule has 1 rings (SSSR count). The van der Waals surface area contributed by atoms with E-state index in [1.165, 1.54) is 0 Å². The van der Waals surface area contributed by atoms with Crippen LogP contribution in [0.15, 0.2) is 18.2 Å². The third-order valence-corrected chi connectivity index (χ3v) is 2.00. The van der Waals surface area contributed by atoms with E-state index >= 15 is 0 Å². The number of nitrogen functional groups attached to an aromatic ring is 1. The molecule has 0 atom stereocenters. The molecule has 1 aromatic carbocycles. The van der Waals surface area contributed by atoms with Crippen LogP contribution in [0.3, 0.4) is 0 Å². The summed E-state index contributed by atoms with van der Waals surface area (Å²) in [5.41, 5.74) is 6.40. The molecule has 14 heavy (non-hydrogen) atoms. The van der Waals surface area contributed by atoms with Crippen molar-refractivity contribution in [3.8, 4) is 11.5 Å². The summed E-state index contributed by atoms with van der Waals surface area (Å²) < 4.78 is 10.6. The fraction of sp³-hybridized carbons (Fsp3) is 0.455. The molecular weight excluding hydrogens is 178 g/mol. The summed E-state index contributed by atoms with van der Waals surface area (Å²) in [4.78, 5) is 0. The summed E-state index contributed by atoms with van der Waals surface area (Å²) >= 11 is 0.